The fourth-order valence-electron chi connectivity index (χ4n) is 2.62. The molecule has 3 rings (SSSR count). The molecule has 0 aliphatic rings. The van der Waals surface area contributed by atoms with Crippen molar-refractivity contribution in [2.75, 3.05) is 5.32 Å². The summed E-state index contributed by atoms with van der Waals surface area (Å²) in [6, 6.07) is 24.7. The van der Waals surface area contributed by atoms with Crippen molar-refractivity contribution in [1.82, 2.24) is 5.32 Å². The summed E-state index contributed by atoms with van der Waals surface area (Å²) in [5, 5.41) is 6.51. The third-order valence-corrected chi connectivity index (χ3v) is 4.38. The molecule has 3 aromatic carbocycles. The number of urea groups is 1. The van der Waals surface area contributed by atoms with Crippen molar-refractivity contribution in [3.63, 3.8) is 0 Å². The van der Waals surface area contributed by atoms with E-state index in [-0.39, 0.29) is 12.1 Å². The minimum absolute atomic E-state index is 0.233. The van der Waals surface area contributed by atoms with Crippen LogP contribution >= 0.6 is 11.6 Å². The minimum Gasteiger partial charge on any atom is -0.327 e. The number of benzene rings is 3. The standard InChI is InChI=1S/C21H19ClN2O/c1-15-12-13-18(14-19(15)22)23-21(25)24-20(16-8-4-2-5-9-16)17-10-6-3-7-11-17/h2-14,20H,1H3,(H2,23,24,25). The van der Waals surface area contributed by atoms with Crippen LogP contribution in [-0.4, -0.2) is 6.03 Å². The Balaban J connectivity index is 1.80. The van der Waals surface area contributed by atoms with Gasteiger partial charge in [0.25, 0.3) is 0 Å². The van der Waals surface area contributed by atoms with E-state index < -0.39 is 0 Å². The molecule has 3 nitrogen and oxygen atoms in total. The number of halogens is 1. The topological polar surface area (TPSA) is 41.1 Å². The second-order valence-corrected chi connectivity index (χ2v) is 6.22. The SMILES string of the molecule is Cc1ccc(NC(=O)NC(c2ccccc2)c2ccccc2)cc1Cl. The number of aryl methyl sites for hydroxylation is 1. The Morgan fingerprint density at radius 2 is 1.44 bits per heavy atom. The van der Waals surface area contributed by atoms with Crippen molar-refractivity contribution < 1.29 is 4.79 Å². The van der Waals surface area contributed by atoms with Gasteiger partial charge < -0.3 is 10.6 Å². The van der Waals surface area contributed by atoms with E-state index >= 15 is 0 Å². The Hall–Kier alpha value is -2.78. The highest BCUT2D eigenvalue weighted by Crippen LogP contribution is 2.23. The van der Waals surface area contributed by atoms with Crippen LogP contribution in [0.2, 0.25) is 5.02 Å². The summed E-state index contributed by atoms with van der Waals surface area (Å²) in [5.41, 5.74) is 3.67. The Labute approximate surface area is 152 Å². The fourth-order valence-corrected chi connectivity index (χ4v) is 2.80. The van der Waals surface area contributed by atoms with Crippen molar-refractivity contribution in [3.8, 4) is 0 Å². The van der Waals surface area contributed by atoms with Gasteiger partial charge in [-0.15, -0.1) is 0 Å². The molecule has 0 heterocycles. The molecule has 0 unspecified atom stereocenters. The van der Waals surface area contributed by atoms with E-state index in [0.29, 0.717) is 10.7 Å². The Kier molecular flexibility index (Phi) is 5.36. The van der Waals surface area contributed by atoms with Crippen LogP contribution in [-0.2, 0) is 0 Å². The van der Waals surface area contributed by atoms with Gasteiger partial charge in [-0.1, -0.05) is 78.3 Å². The van der Waals surface area contributed by atoms with Gasteiger partial charge in [0.15, 0.2) is 0 Å². The van der Waals surface area contributed by atoms with Gasteiger partial charge in [0.2, 0.25) is 0 Å². The van der Waals surface area contributed by atoms with Crippen LogP contribution in [0.15, 0.2) is 78.9 Å². The van der Waals surface area contributed by atoms with Crippen molar-refractivity contribution in [2.24, 2.45) is 0 Å². The molecule has 2 N–H and O–H groups in total. The first kappa shape index (κ1) is 17.1. The van der Waals surface area contributed by atoms with Gasteiger partial charge in [-0.2, -0.15) is 0 Å². The molecule has 2 amide bonds. The van der Waals surface area contributed by atoms with Gasteiger partial charge in [0, 0.05) is 10.7 Å². The highest BCUT2D eigenvalue weighted by molar-refractivity contribution is 6.31. The molecular weight excluding hydrogens is 332 g/mol. The molecule has 0 radical (unpaired) electrons. The lowest BCUT2D eigenvalue weighted by atomic mass is 9.99. The zero-order chi connectivity index (χ0) is 17.6. The summed E-state index contributed by atoms with van der Waals surface area (Å²) in [4.78, 5) is 12.5. The number of rotatable bonds is 4. The van der Waals surface area contributed by atoms with Gasteiger partial charge >= 0.3 is 6.03 Å². The number of anilines is 1. The van der Waals surface area contributed by atoms with Gasteiger partial charge in [-0.3, -0.25) is 0 Å². The molecule has 0 aliphatic carbocycles. The highest BCUT2D eigenvalue weighted by Gasteiger charge is 2.16. The number of amides is 2. The molecule has 25 heavy (non-hydrogen) atoms. The molecule has 0 bridgehead atoms. The van der Waals surface area contributed by atoms with E-state index in [1.165, 1.54) is 0 Å². The van der Waals surface area contributed by atoms with Gasteiger partial charge in [0.05, 0.1) is 6.04 Å². The van der Waals surface area contributed by atoms with E-state index in [9.17, 15) is 4.79 Å². The lowest BCUT2D eigenvalue weighted by Crippen LogP contribution is -2.33. The van der Waals surface area contributed by atoms with Gasteiger partial charge in [-0.05, 0) is 35.7 Å². The van der Waals surface area contributed by atoms with Crippen LogP contribution in [0.3, 0.4) is 0 Å². The second kappa shape index (κ2) is 7.86. The number of hydrogen-bond donors (Lipinski definition) is 2. The van der Waals surface area contributed by atoms with E-state index in [1.807, 2.05) is 79.7 Å². The van der Waals surface area contributed by atoms with E-state index in [1.54, 1.807) is 6.07 Å². The minimum atomic E-state index is -0.280. The first-order valence-electron chi connectivity index (χ1n) is 8.07. The molecular formula is C21H19ClN2O. The quantitative estimate of drug-likeness (QED) is 0.635. The number of nitrogens with one attached hydrogen (secondary N) is 2. The average Bonchev–Trinajstić information content (AvgIpc) is 2.64. The molecule has 0 spiro atoms. The highest BCUT2D eigenvalue weighted by atomic mass is 35.5. The van der Waals surface area contributed by atoms with E-state index in [2.05, 4.69) is 10.6 Å². The van der Waals surface area contributed by atoms with Crippen LogP contribution in [0.4, 0.5) is 10.5 Å². The Morgan fingerprint density at radius 1 is 0.880 bits per heavy atom. The van der Waals surface area contributed by atoms with Crippen LogP contribution < -0.4 is 10.6 Å². The summed E-state index contributed by atoms with van der Waals surface area (Å²) < 4.78 is 0. The maximum atomic E-state index is 12.5. The third-order valence-electron chi connectivity index (χ3n) is 3.97. The first-order valence-corrected chi connectivity index (χ1v) is 8.45. The summed E-state index contributed by atoms with van der Waals surface area (Å²) >= 11 is 6.12. The van der Waals surface area contributed by atoms with E-state index in [0.717, 1.165) is 16.7 Å². The Bertz CT molecular complexity index is 811. The van der Waals surface area contributed by atoms with Crippen molar-refractivity contribution in [3.05, 3.63) is 101 Å². The van der Waals surface area contributed by atoms with Gasteiger partial charge in [-0.25, -0.2) is 4.79 Å². The largest absolute Gasteiger partial charge is 0.327 e. The fraction of sp³-hybridized carbons (Fsp3) is 0.0952. The molecule has 0 fully saturated rings. The van der Waals surface area contributed by atoms with Crippen molar-refractivity contribution in [1.29, 1.82) is 0 Å². The lowest BCUT2D eigenvalue weighted by Gasteiger charge is -2.20. The predicted octanol–water partition coefficient (Wildman–Crippen LogP) is 5.56. The molecule has 3 aromatic rings. The first-order chi connectivity index (χ1) is 12.1. The van der Waals surface area contributed by atoms with Crippen LogP contribution in [0, 0.1) is 6.92 Å². The smallest absolute Gasteiger partial charge is 0.319 e. The predicted molar refractivity (Wildman–Crippen MR) is 103 cm³/mol. The number of carbonyl (C=O) groups is 1. The summed E-state index contributed by atoms with van der Waals surface area (Å²) in [6.45, 7) is 1.92. The maximum absolute atomic E-state index is 12.5. The molecule has 0 atom stereocenters. The van der Waals surface area contributed by atoms with Crippen molar-refractivity contribution >= 4 is 23.3 Å². The third kappa shape index (κ3) is 4.40. The second-order valence-electron chi connectivity index (χ2n) is 5.82. The number of hydrogen-bond acceptors (Lipinski definition) is 1. The Morgan fingerprint density at radius 3 is 1.96 bits per heavy atom. The zero-order valence-corrected chi connectivity index (χ0v) is 14.6. The van der Waals surface area contributed by atoms with E-state index in [4.69, 9.17) is 11.6 Å². The summed E-state index contributed by atoms with van der Waals surface area (Å²) in [5.74, 6) is 0. The maximum Gasteiger partial charge on any atom is 0.319 e. The van der Waals surface area contributed by atoms with Crippen molar-refractivity contribution in [2.45, 2.75) is 13.0 Å². The normalized spacial score (nSPS) is 10.5. The molecule has 126 valence electrons. The molecule has 0 aliphatic heterocycles. The molecule has 0 saturated heterocycles. The lowest BCUT2D eigenvalue weighted by molar-refractivity contribution is 0.250. The monoisotopic (exact) mass is 350 g/mol. The molecule has 0 saturated carbocycles. The summed E-state index contributed by atoms with van der Waals surface area (Å²) in [6.07, 6.45) is 0. The van der Waals surface area contributed by atoms with Crippen LogP contribution in [0.25, 0.3) is 0 Å². The van der Waals surface area contributed by atoms with Crippen LogP contribution in [0.1, 0.15) is 22.7 Å². The van der Waals surface area contributed by atoms with Gasteiger partial charge in [0.1, 0.15) is 0 Å². The average molecular weight is 351 g/mol. The zero-order valence-electron chi connectivity index (χ0n) is 13.9. The number of carbonyl (C=O) groups excluding carboxylic acids is 1. The molecule has 4 heteroatoms. The van der Waals surface area contributed by atoms with Crippen LogP contribution in [0.5, 0.6) is 0 Å². The summed E-state index contributed by atoms with van der Waals surface area (Å²) in [7, 11) is 0. The molecule has 0 aromatic heterocycles.